The first kappa shape index (κ1) is 22.8. The van der Waals surface area contributed by atoms with E-state index < -0.39 is 59.3 Å². The van der Waals surface area contributed by atoms with E-state index in [9.17, 15) is 30.7 Å². The Kier molecular flexibility index (Phi) is 6.12. The lowest BCUT2D eigenvalue weighted by atomic mass is 10.1. The minimum absolute atomic E-state index is 0.233. The third-order valence-electron chi connectivity index (χ3n) is 4.97. The lowest BCUT2D eigenvalue weighted by Gasteiger charge is -2.23. The first-order valence-electron chi connectivity index (χ1n) is 9.30. The Morgan fingerprint density at radius 2 is 2.00 bits per heavy atom. The average molecular weight is 458 g/mol. The van der Waals surface area contributed by atoms with Gasteiger partial charge >= 0.3 is 10.2 Å². The van der Waals surface area contributed by atoms with Gasteiger partial charge in [-0.2, -0.15) is 8.42 Å². The Morgan fingerprint density at radius 1 is 1.29 bits per heavy atom. The summed E-state index contributed by atoms with van der Waals surface area (Å²) in [6.07, 6.45) is 0.468. The number of likely N-dealkylation sites (tertiary alicyclic amines) is 1. The number of anilines is 1. The number of carbonyl (C=O) groups is 2. The first-order valence-corrected chi connectivity index (χ1v) is 10.9. The molecule has 3 rings (SSSR count). The Bertz CT molecular complexity index is 1120. The van der Waals surface area contributed by atoms with Crippen LogP contribution in [0.3, 0.4) is 0 Å². The number of pyridine rings is 1. The normalized spacial score (nSPS) is 18.2. The summed E-state index contributed by atoms with van der Waals surface area (Å²) in [4.78, 5) is 31.7. The zero-order valence-electron chi connectivity index (χ0n) is 16.8. The number of carbonyl (C=O) groups excluding carboxylic acids is 2. The molecular formula is C19H21F3N4O4S. The fourth-order valence-corrected chi connectivity index (χ4v) is 4.29. The standard InChI is InChI=1S/C19H21F3N4O4S/c1-25(2)12-3-4-16-15(7-12)14(5-6-23-16)18(28)24-9-17(27)26-11-19(20,21)8-13(26)10-31(22,29)30/h3-7,13H,8-11H2,1-2H3,(H,24,28). The van der Waals surface area contributed by atoms with Gasteiger partial charge in [-0.1, -0.05) is 0 Å². The predicted octanol–water partition coefficient (Wildman–Crippen LogP) is 1.57. The molecule has 12 heteroatoms. The van der Waals surface area contributed by atoms with Crippen molar-refractivity contribution in [3.63, 3.8) is 0 Å². The molecule has 1 aromatic heterocycles. The van der Waals surface area contributed by atoms with Gasteiger partial charge in [0, 0.05) is 37.8 Å². The first-order chi connectivity index (χ1) is 14.4. The molecule has 31 heavy (non-hydrogen) atoms. The van der Waals surface area contributed by atoms with Gasteiger partial charge in [0.15, 0.2) is 0 Å². The van der Waals surface area contributed by atoms with E-state index in [1.165, 1.54) is 12.3 Å². The molecule has 1 unspecified atom stereocenters. The summed E-state index contributed by atoms with van der Waals surface area (Å²) < 4.78 is 62.2. The summed E-state index contributed by atoms with van der Waals surface area (Å²) >= 11 is 0. The molecule has 1 saturated heterocycles. The number of alkyl halides is 2. The van der Waals surface area contributed by atoms with E-state index in [0.717, 1.165) is 5.69 Å². The topological polar surface area (TPSA) is 99.7 Å². The van der Waals surface area contributed by atoms with Crippen LogP contribution in [0.1, 0.15) is 16.8 Å². The van der Waals surface area contributed by atoms with Crippen LogP contribution in [0.2, 0.25) is 0 Å². The van der Waals surface area contributed by atoms with Gasteiger partial charge in [0.05, 0.1) is 30.2 Å². The number of fused-ring (bicyclic) bond motifs is 1. The summed E-state index contributed by atoms with van der Waals surface area (Å²) in [7, 11) is -1.40. The van der Waals surface area contributed by atoms with Crippen molar-refractivity contribution in [3.8, 4) is 0 Å². The van der Waals surface area contributed by atoms with Crippen molar-refractivity contribution in [1.82, 2.24) is 15.2 Å². The van der Waals surface area contributed by atoms with Crippen LogP contribution >= 0.6 is 0 Å². The molecular weight excluding hydrogens is 437 g/mol. The van der Waals surface area contributed by atoms with Crippen LogP contribution < -0.4 is 10.2 Å². The second kappa shape index (κ2) is 8.33. The van der Waals surface area contributed by atoms with Crippen LogP contribution in [-0.2, 0) is 15.0 Å². The highest BCUT2D eigenvalue weighted by atomic mass is 32.3. The molecule has 1 aliphatic rings. The van der Waals surface area contributed by atoms with Gasteiger partial charge in [0.2, 0.25) is 5.91 Å². The van der Waals surface area contributed by atoms with Crippen LogP contribution in [0.5, 0.6) is 0 Å². The maximum absolute atomic E-state index is 13.7. The number of rotatable bonds is 6. The van der Waals surface area contributed by atoms with Crippen molar-refractivity contribution in [1.29, 1.82) is 0 Å². The highest BCUT2D eigenvalue weighted by Gasteiger charge is 2.48. The maximum Gasteiger partial charge on any atom is 0.304 e. The Morgan fingerprint density at radius 3 is 2.65 bits per heavy atom. The second-order valence-electron chi connectivity index (χ2n) is 7.58. The minimum atomic E-state index is -5.06. The monoisotopic (exact) mass is 458 g/mol. The van der Waals surface area contributed by atoms with Gasteiger partial charge in [-0.15, -0.1) is 3.89 Å². The Labute approximate surface area is 177 Å². The van der Waals surface area contributed by atoms with Crippen LogP contribution in [0, 0.1) is 0 Å². The van der Waals surface area contributed by atoms with Gasteiger partial charge in [-0.25, -0.2) is 8.78 Å². The van der Waals surface area contributed by atoms with Crippen molar-refractivity contribution in [2.75, 3.05) is 37.8 Å². The SMILES string of the molecule is CN(C)c1ccc2nccc(C(=O)NCC(=O)N3CC(F)(F)CC3CS(=O)(=O)F)c2c1. The molecule has 2 aromatic rings. The summed E-state index contributed by atoms with van der Waals surface area (Å²) in [6, 6.07) is 5.28. The second-order valence-corrected chi connectivity index (χ2v) is 8.99. The highest BCUT2D eigenvalue weighted by Crippen LogP contribution is 2.33. The fraction of sp³-hybridized carbons (Fsp3) is 0.421. The minimum Gasteiger partial charge on any atom is -0.378 e. The summed E-state index contributed by atoms with van der Waals surface area (Å²) in [5, 5.41) is 2.90. The smallest absolute Gasteiger partial charge is 0.304 e. The fourth-order valence-electron chi connectivity index (χ4n) is 3.53. The van der Waals surface area contributed by atoms with Crippen molar-refractivity contribution < 1.29 is 30.7 Å². The number of nitrogens with one attached hydrogen (secondary N) is 1. The predicted molar refractivity (Wildman–Crippen MR) is 108 cm³/mol. The number of nitrogens with zero attached hydrogens (tertiary/aromatic N) is 3. The van der Waals surface area contributed by atoms with Crippen molar-refractivity contribution in [2.45, 2.75) is 18.4 Å². The van der Waals surface area contributed by atoms with E-state index in [4.69, 9.17) is 0 Å². The van der Waals surface area contributed by atoms with Crippen molar-refractivity contribution in [2.24, 2.45) is 0 Å². The van der Waals surface area contributed by atoms with Crippen LogP contribution in [0.15, 0.2) is 30.5 Å². The quantitative estimate of drug-likeness (QED) is 0.660. The molecule has 2 amide bonds. The number of amides is 2. The van der Waals surface area contributed by atoms with Crippen molar-refractivity contribution >= 4 is 38.6 Å². The van der Waals surface area contributed by atoms with E-state index in [-0.39, 0.29) is 5.56 Å². The Hall–Kier alpha value is -2.89. The lowest BCUT2D eigenvalue weighted by Crippen LogP contribution is -2.45. The molecule has 1 fully saturated rings. The van der Waals surface area contributed by atoms with Gasteiger partial charge < -0.3 is 15.1 Å². The molecule has 1 atom stereocenters. The molecule has 1 N–H and O–H groups in total. The third-order valence-corrected chi connectivity index (χ3v) is 5.76. The van der Waals surface area contributed by atoms with E-state index in [2.05, 4.69) is 10.3 Å². The highest BCUT2D eigenvalue weighted by molar-refractivity contribution is 7.86. The number of hydrogen-bond donors (Lipinski definition) is 1. The van der Waals surface area contributed by atoms with E-state index in [0.29, 0.717) is 15.8 Å². The molecule has 0 spiro atoms. The molecule has 0 saturated carbocycles. The van der Waals surface area contributed by atoms with Gasteiger partial charge in [0.25, 0.3) is 11.8 Å². The number of hydrogen-bond acceptors (Lipinski definition) is 6. The molecule has 0 aliphatic carbocycles. The molecule has 8 nitrogen and oxygen atoms in total. The van der Waals surface area contributed by atoms with Gasteiger partial charge in [0.1, 0.15) is 5.75 Å². The van der Waals surface area contributed by atoms with E-state index >= 15 is 0 Å². The molecule has 0 bridgehead atoms. The summed E-state index contributed by atoms with van der Waals surface area (Å²) in [5.41, 5.74) is 1.60. The van der Waals surface area contributed by atoms with Gasteiger partial charge in [-0.3, -0.25) is 14.6 Å². The summed E-state index contributed by atoms with van der Waals surface area (Å²) in [6.45, 7) is -1.68. The van der Waals surface area contributed by atoms with Crippen LogP contribution in [0.25, 0.3) is 10.9 Å². The maximum atomic E-state index is 13.7. The third kappa shape index (κ3) is 5.43. The molecule has 1 aromatic carbocycles. The lowest BCUT2D eigenvalue weighted by molar-refractivity contribution is -0.131. The van der Waals surface area contributed by atoms with E-state index in [1.807, 2.05) is 25.1 Å². The largest absolute Gasteiger partial charge is 0.378 e. The molecule has 2 heterocycles. The molecule has 0 radical (unpaired) electrons. The van der Waals surface area contributed by atoms with E-state index in [1.54, 1.807) is 12.1 Å². The number of halogens is 3. The van der Waals surface area contributed by atoms with Gasteiger partial charge in [-0.05, 0) is 24.3 Å². The van der Waals surface area contributed by atoms with Crippen LogP contribution in [-0.4, -0.2) is 75.0 Å². The zero-order chi connectivity index (χ0) is 23.0. The van der Waals surface area contributed by atoms with Crippen LogP contribution in [0.4, 0.5) is 18.4 Å². The molecule has 1 aliphatic heterocycles. The zero-order valence-corrected chi connectivity index (χ0v) is 17.6. The van der Waals surface area contributed by atoms with Crippen molar-refractivity contribution in [3.05, 3.63) is 36.0 Å². The Balaban J connectivity index is 1.76. The summed E-state index contributed by atoms with van der Waals surface area (Å²) in [5.74, 6) is -6.10. The molecule has 168 valence electrons. The number of aromatic nitrogens is 1. The average Bonchev–Trinajstić information content (AvgIpc) is 2.97. The number of benzene rings is 1.